The standard InChI is InChI=1S/C8H8F2N2O4/c1-16-5-2-4(3-13)7(12(14)15)6(11-5)8(9)10/h2,8,13H,3H2,1H3. The van der Waals surface area contributed by atoms with Crippen molar-refractivity contribution < 1.29 is 23.5 Å². The molecular formula is C8H8F2N2O4. The van der Waals surface area contributed by atoms with Crippen LogP contribution in [0.5, 0.6) is 5.88 Å². The molecule has 0 aromatic carbocycles. The lowest BCUT2D eigenvalue weighted by molar-refractivity contribution is -0.387. The van der Waals surface area contributed by atoms with Crippen molar-refractivity contribution in [2.45, 2.75) is 13.0 Å². The minimum atomic E-state index is -3.11. The van der Waals surface area contributed by atoms with Crippen molar-refractivity contribution in [2.24, 2.45) is 0 Å². The van der Waals surface area contributed by atoms with E-state index < -0.39 is 29.3 Å². The van der Waals surface area contributed by atoms with Crippen LogP contribution in [0.2, 0.25) is 0 Å². The highest BCUT2D eigenvalue weighted by Gasteiger charge is 2.28. The van der Waals surface area contributed by atoms with Crippen LogP contribution in [0.3, 0.4) is 0 Å². The molecule has 1 heterocycles. The van der Waals surface area contributed by atoms with Gasteiger partial charge in [-0.25, -0.2) is 13.8 Å². The van der Waals surface area contributed by atoms with Gasteiger partial charge in [0.2, 0.25) is 5.88 Å². The molecule has 0 amide bonds. The first-order chi connectivity index (χ1) is 7.51. The van der Waals surface area contributed by atoms with E-state index >= 15 is 0 Å². The average Bonchev–Trinajstić information content (AvgIpc) is 2.26. The summed E-state index contributed by atoms with van der Waals surface area (Å²) in [7, 11) is 1.19. The van der Waals surface area contributed by atoms with Gasteiger partial charge in [0.05, 0.1) is 24.2 Å². The summed E-state index contributed by atoms with van der Waals surface area (Å²) < 4.78 is 29.6. The van der Waals surface area contributed by atoms with E-state index in [1.165, 1.54) is 7.11 Å². The summed E-state index contributed by atoms with van der Waals surface area (Å²) in [5, 5.41) is 19.4. The number of hydrogen-bond acceptors (Lipinski definition) is 5. The number of hydrogen-bond donors (Lipinski definition) is 1. The van der Waals surface area contributed by atoms with Gasteiger partial charge in [-0.1, -0.05) is 0 Å². The van der Waals surface area contributed by atoms with Gasteiger partial charge in [-0.3, -0.25) is 10.1 Å². The maximum absolute atomic E-state index is 12.5. The molecule has 0 atom stereocenters. The Kier molecular flexibility index (Phi) is 3.67. The number of nitro groups is 1. The van der Waals surface area contributed by atoms with Gasteiger partial charge in [-0.05, 0) is 0 Å². The number of aliphatic hydroxyl groups excluding tert-OH is 1. The molecule has 0 saturated carbocycles. The Morgan fingerprint density at radius 2 is 2.31 bits per heavy atom. The second-order valence-corrected chi connectivity index (χ2v) is 2.77. The SMILES string of the molecule is COc1cc(CO)c([N+](=O)[O-])c(C(F)F)n1. The van der Waals surface area contributed by atoms with Crippen molar-refractivity contribution in [2.75, 3.05) is 7.11 Å². The third-order valence-corrected chi connectivity index (χ3v) is 1.84. The first-order valence-electron chi connectivity index (χ1n) is 4.12. The van der Waals surface area contributed by atoms with Gasteiger partial charge in [0.25, 0.3) is 6.43 Å². The molecule has 1 aromatic heterocycles. The van der Waals surface area contributed by atoms with Gasteiger partial charge in [0.1, 0.15) is 0 Å². The van der Waals surface area contributed by atoms with Crippen LogP contribution in [0.25, 0.3) is 0 Å². The van der Waals surface area contributed by atoms with Crippen molar-refractivity contribution in [1.29, 1.82) is 0 Å². The molecule has 0 unspecified atom stereocenters. The van der Waals surface area contributed by atoms with E-state index in [1.807, 2.05) is 0 Å². The molecule has 0 radical (unpaired) electrons. The molecule has 0 bridgehead atoms. The summed E-state index contributed by atoms with van der Waals surface area (Å²) >= 11 is 0. The molecule has 0 aliphatic heterocycles. The summed E-state index contributed by atoms with van der Waals surface area (Å²) in [4.78, 5) is 12.9. The summed E-state index contributed by atoms with van der Waals surface area (Å²) in [6, 6.07) is 1.05. The van der Waals surface area contributed by atoms with Crippen molar-refractivity contribution in [3.05, 3.63) is 27.4 Å². The molecule has 0 aliphatic rings. The van der Waals surface area contributed by atoms with E-state index in [1.54, 1.807) is 0 Å². The third kappa shape index (κ3) is 2.22. The summed E-state index contributed by atoms with van der Waals surface area (Å²) in [6.07, 6.45) is -3.11. The van der Waals surface area contributed by atoms with Crippen molar-refractivity contribution >= 4 is 5.69 Å². The zero-order valence-electron chi connectivity index (χ0n) is 8.18. The molecule has 1 aromatic rings. The predicted octanol–water partition coefficient (Wildman–Crippen LogP) is 1.43. The lowest BCUT2D eigenvalue weighted by Crippen LogP contribution is -2.05. The van der Waals surface area contributed by atoms with Crippen molar-refractivity contribution in [1.82, 2.24) is 4.98 Å². The molecule has 16 heavy (non-hydrogen) atoms. The fourth-order valence-corrected chi connectivity index (χ4v) is 1.17. The van der Waals surface area contributed by atoms with Gasteiger partial charge in [0.15, 0.2) is 5.69 Å². The van der Waals surface area contributed by atoms with Crippen molar-refractivity contribution in [3.63, 3.8) is 0 Å². The molecule has 0 aliphatic carbocycles. The second-order valence-electron chi connectivity index (χ2n) is 2.77. The molecule has 88 valence electrons. The number of alkyl halides is 2. The third-order valence-electron chi connectivity index (χ3n) is 1.84. The van der Waals surface area contributed by atoms with Crippen molar-refractivity contribution in [3.8, 4) is 5.88 Å². The largest absolute Gasteiger partial charge is 0.481 e. The Morgan fingerprint density at radius 1 is 1.69 bits per heavy atom. The number of ether oxygens (including phenoxy) is 1. The van der Waals surface area contributed by atoms with E-state index in [0.717, 1.165) is 6.07 Å². The number of pyridine rings is 1. The maximum atomic E-state index is 12.5. The second kappa shape index (κ2) is 4.79. The molecular weight excluding hydrogens is 226 g/mol. The lowest BCUT2D eigenvalue weighted by atomic mass is 10.2. The normalized spacial score (nSPS) is 10.6. The van der Waals surface area contributed by atoms with Crippen LogP contribution >= 0.6 is 0 Å². The van der Waals surface area contributed by atoms with Gasteiger partial charge in [-0.15, -0.1) is 0 Å². The maximum Gasteiger partial charge on any atom is 0.302 e. The quantitative estimate of drug-likeness (QED) is 0.629. The van der Waals surface area contributed by atoms with E-state index in [2.05, 4.69) is 9.72 Å². The van der Waals surface area contributed by atoms with Gasteiger partial charge >= 0.3 is 5.69 Å². The first-order valence-corrected chi connectivity index (χ1v) is 4.12. The van der Waals surface area contributed by atoms with Gasteiger partial charge < -0.3 is 9.84 Å². The van der Waals surface area contributed by atoms with Crippen LogP contribution in [0.15, 0.2) is 6.07 Å². The predicted molar refractivity (Wildman–Crippen MR) is 48.3 cm³/mol. The molecule has 0 spiro atoms. The number of methoxy groups -OCH3 is 1. The Morgan fingerprint density at radius 3 is 2.69 bits per heavy atom. The van der Waals surface area contributed by atoms with E-state index in [9.17, 15) is 18.9 Å². The smallest absolute Gasteiger partial charge is 0.302 e. The number of aliphatic hydroxyl groups is 1. The summed E-state index contributed by atoms with van der Waals surface area (Å²) in [6.45, 7) is -0.741. The van der Waals surface area contributed by atoms with Crippen LogP contribution in [0.1, 0.15) is 17.7 Å². The minimum absolute atomic E-state index is 0.204. The number of halogens is 2. The minimum Gasteiger partial charge on any atom is -0.481 e. The Labute approximate surface area is 88.6 Å². The average molecular weight is 234 g/mol. The fraction of sp³-hybridized carbons (Fsp3) is 0.375. The molecule has 8 heteroatoms. The highest BCUT2D eigenvalue weighted by atomic mass is 19.3. The summed E-state index contributed by atoms with van der Waals surface area (Å²) in [5.41, 5.74) is -2.14. The molecule has 6 nitrogen and oxygen atoms in total. The highest BCUT2D eigenvalue weighted by Crippen LogP contribution is 2.32. The molecule has 0 saturated heterocycles. The van der Waals surface area contributed by atoms with Crippen LogP contribution in [0, 0.1) is 10.1 Å². The van der Waals surface area contributed by atoms with E-state index in [-0.39, 0.29) is 11.4 Å². The zero-order chi connectivity index (χ0) is 12.3. The number of nitrogens with zero attached hydrogens (tertiary/aromatic N) is 2. The number of aromatic nitrogens is 1. The molecule has 1 rings (SSSR count). The fourth-order valence-electron chi connectivity index (χ4n) is 1.17. The van der Waals surface area contributed by atoms with Gasteiger partial charge in [0, 0.05) is 6.07 Å². The van der Waals surface area contributed by atoms with E-state index in [4.69, 9.17) is 5.11 Å². The van der Waals surface area contributed by atoms with Crippen LogP contribution in [0.4, 0.5) is 14.5 Å². The first kappa shape index (κ1) is 12.2. The van der Waals surface area contributed by atoms with E-state index in [0.29, 0.717) is 0 Å². The number of rotatable bonds is 4. The summed E-state index contributed by atoms with van der Waals surface area (Å²) in [5.74, 6) is -0.204. The lowest BCUT2D eigenvalue weighted by Gasteiger charge is -2.07. The Bertz CT molecular complexity index is 411. The Balaban J connectivity index is 3.47. The molecule has 0 fully saturated rings. The topological polar surface area (TPSA) is 85.5 Å². The van der Waals surface area contributed by atoms with Crippen LogP contribution in [-0.2, 0) is 6.61 Å². The van der Waals surface area contributed by atoms with Crippen LogP contribution < -0.4 is 4.74 Å². The zero-order valence-corrected chi connectivity index (χ0v) is 8.18. The molecule has 1 N–H and O–H groups in total. The van der Waals surface area contributed by atoms with Gasteiger partial charge in [-0.2, -0.15) is 0 Å². The highest BCUT2D eigenvalue weighted by molar-refractivity contribution is 5.47. The van der Waals surface area contributed by atoms with Crippen LogP contribution in [-0.4, -0.2) is 22.1 Å². The Hall–Kier alpha value is -1.83. The monoisotopic (exact) mass is 234 g/mol.